The molecule has 4 rings (SSSR count). The molecule has 1 heterocycles. The third kappa shape index (κ3) is 5.11. The maximum absolute atomic E-state index is 12.7. The molecule has 0 saturated carbocycles. The number of carbonyl (C=O) groups is 1. The van der Waals surface area contributed by atoms with Crippen LogP contribution in [0.4, 0.5) is 11.5 Å². The summed E-state index contributed by atoms with van der Waals surface area (Å²) in [5, 5.41) is 5.37. The van der Waals surface area contributed by atoms with Crippen LogP contribution in [0.5, 0.6) is 0 Å². The topological polar surface area (TPSA) is 62.5 Å². The van der Waals surface area contributed by atoms with Crippen LogP contribution in [0.1, 0.15) is 27.3 Å². The molecule has 3 aromatic carbocycles. The van der Waals surface area contributed by atoms with Gasteiger partial charge in [0.1, 0.15) is 22.4 Å². The predicted molar refractivity (Wildman–Crippen MR) is 133 cm³/mol. The summed E-state index contributed by atoms with van der Waals surface area (Å²) in [6.45, 7) is 7.27. The Balaban J connectivity index is 1.48. The van der Waals surface area contributed by atoms with Crippen molar-refractivity contribution in [2.75, 3.05) is 24.3 Å². The lowest BCUT2D eigenvalue weighted by Gasteiger charge is -2.16. The summed E-state index contributed by atoms with van der Waals surface area (Å²) in [7, 11) is 3.73. The third-order valence-corrected chi connectivity index (χ3v) is 5.54. The molecule has 33 heavy (non-hydrogen) atoms. The van der Waals surface area contributed by atoms with Gasteiger partial charge in [-0.05, 0) is 40.6 Å². The molecular formula is C26H22ClN5O. The molecule has 1 amide bonds. The number of nitrogens with zero attached hydrogens (tertiary/aromatic N) is 4. The van der Waals surface area contributed by atoms with Gasteiger partial charge in [0.05, 0.1) is 0 Å². The molecule has 0 aliphatic carbocycles. The fraction of sp³-hybridized carbons (Fsp3) is 0.154. The summed E-state index contributed by atoms with van der Waals surface area (Å²) in [5.41, 5.74) is 2.93. The molecule has 0 aliphatic rings. The van der Waals surface area contributed by atoms with Gasteiger partial charge >= 0.3 is 0 Å². The minimum Gasteiger partial charge on any atom is -0.362 e. The molecule has 0 bridgehead atoms. The minimum absolute atomic E-state index is 0.137. The molecule has 1 N–H and O–H groups in total. The van der Waals surface area contributed by atoms with E-state index in [1.54, 1.807) is 0 Å². The lowest BCUT2D eigenvalue weighted by atomic mass is 10.1. The van der Waals surface area contributed by atoms with Crippen molar-refractivity contribution in [1.29, 1.82) is 0 Å². The van der Waals surface area contributed by atoms with Gasteiger partial charge in [0.2, 0.25) is 6.54 Å². The lowest BCUT2D eigenvalue weighted by molar-refractivity contribution is 0.102. The van der Waals surface area contributed by atoms with Gasteiger partial charge in [-0.1, -0.05) is 54.1 Å². The third-order valence-electron chi connectivity index (χ3n) is 5.23. The smallest absolute Gasteiger partial charge is 0.255 e. The van der Waals surface area contributed by atoms with Crippen molar-refractivity contribution in [2.45, 2.75) is 13.0 Å². The molecule has 164 valence electrons. The first-order chi connectivity index (χ1) is 15.9. The fourth-order valence-corrected chi connectivity index (χ4v) is 3.82. The molecule has 0 radical (unpaired) electrons. The summed E-state index contributed by atoms with van der Waals surface area (Å²) in [6.07, 6.45) is 0.484. The van der Waals surface area contributed by atoms with Crippen molar-refractivity contribution in [3.05, 3.63) is 106 Å². The summed E-state index contributed by atoms with van der Waals surface area (Å²) in [5.74, 6) is 1.07. The average molecular weight is 456 g/mol. The van der Waals surface area contributed by atoms with E-state index in [1.165, 1.54) is 0 Å². The molecule has 1 aromatic heterocycles. The Bertz CT molecular complexity index is 1360. The Morgan fingerprint density at radius 3 is 2.45 bits per heavy atom. The van der Waals surface area contributed by atoms with E-state index < -0.39 is 0 Å². The predicted octanol–water partition coefficient (Wildman–Crippen LogP) is 5.61. The summed E-state index contributed by atoms with van der Waals surface area (Å²) < 4.78 is 0. The highest BCUT2D eigenvalue weighted by Crippen LogP contribution is 2.25. The van der Waals surface area contributed by atoms with E-state index in [-0.39, 0.29) is 12.5 Å². The van der Waals surface area contributed by atoms with Crippen molar-refractivity contribution in [3.63, 3.8) is 0 Å². The molecule has 7 heteroatoms. The van der Waals surface area contributed by atoms with Crippen molar-refractivity contribution in [1.82, 2.24) is 9.97 Å². The molecule has 0 spiro atoms. The van der Waals surface area contributed by atoms with Crippen molar-refractivity contribution < 1.29 is 4.79 Å². The molecule has 0 atom stereocenters. The highest BCUT2D eigenvalue weighted by Gasteiger charge is 2.17. The van der Waals surface area contributed by atoms with Gasteiger partial charge < -0.3 is 15.1 Å². The number of fused-ring (bicyclic) bond motifs is 1. The zero-order valence-corrected chi connectivity index (χ0v) is 19.1. The lowest BCUT2D eigenvalue weighted by Crippen LogP contribution is -2.16. The first kappa shape index (κ1) is 22.3. The zero-order chi connectivity index (χ0) is 23.4. The Hall–Kier alpha value is -3.95. The van der Waals surface area contributed by atoms with Crippen LogP contribution in [0.3, 0.4) is 0 Å². The fourth-order valence-electron chi connectivity index (χ4n) is 3.57. The number of nitrogens with one attached hydrogen (secondary N) is 1. The number of anilines is 2. The van der Waals surface area contributed by atoms with Crippen LogP contribution in [0.15, 0.2) is 66.7 Å². The number of rotatable bonds is 6. The van der Waals surface area contributed by atoms with E-state index in [1.807, 2.05) is 85.7 Å². The first-order valence-electron chi connectivity index (χ1n) is 10.4. The van der Waals surface area contributed by atoms with Gasteiger partial charge in [0, 0.05) is 31.8 Å². The van der Waals surface area contributed by atoms with Crippen LogP contribution < -0.4 is 10.2 Å². The van der Waals surface area contributed by atoms with Crippen LogP contribution in [0.25, 0.3) is 15.6 Å². The van der Waals surface area contributed by atoms with Gasteiger partial charge in [-0.25, -0.2) is 16.5 Å². The van der Waals surface area contributed by atoms with E-state index >= 15 is 0 Å². The molecule has 6 nitrogen and oxygen atoms in total. The quantitative estimate of drug-likeness (QED) is 0.303. The van der Waals surface area contributed by atoms with Crippen molar-refractivity contribution in [2.24, 2.45) is 0 Å². The first-order valence-corrected chi connectivity index (χ1v) is 10.8. The second-order valence-electron chi connectivity index (χ2n) is 7.83. The second-order valence-corrected chi connectivity index (χ2v) is 8.19. The summed E-state index contributed by atoms with van der Waals surface area (Å²) in [6, 6.07) is 21.2. The Morgan fingerprint density at radius 2 is 1.76 bits per heavy atom. The van der Waals surface area contributed by atoms with Crippen LogP contribution in [-0.4, -0.2) is 30.0 Å². The Morgan fingerprint density at radius 1 is 1.03 bits per heavy atom. The van der Waals surface area contributed by atoms with Gasteiger partial charge in [0.25, 0.3) is 5.91 Å². The van der Waals surface area contributed by atoms with Gasteiger partial charge in [0.15, 0.2) is 0 Å². The van der Waals surface area contributed by atoms with E-state index in [0.29, 0.717) is 40.0 Å². The minimum atomic E-state index is -0.158. The Kier molecular flexibility index (Phi) is 6.53. The standard InChI is InChI=1S/C26H22ClN5O/c1-28-16-22-24(27)30-23(31-25(22)32(2)3)14-17-8-12-21(13-9-17)29-26(33)20-11-10-18-6-4-5-7-19(18)15-20/h4-13,15H,14,16H2,2-3H3,(H,29,33). The summed E-state index contributed by atoms with van der Waals surface area (Å²) in [4.78, 5) is 26.9. The number of hydrogen-bond donors (Lipinski definition) is 1. The maximum Gasteiger partial charge on any atom is 0.255 e. The highest BCUT2D eigenvalue weighted by atomic mass is 35.5. The highest BCUT2D eigenvalue weighted by molar-refractivity contribution is 6.30. The van der Waals surface area contributed by atoms with Crippen LogP contribution >= 0.6 is 11.6 Å². The molecular weight excluding hydrogens is 434 g/mol. The second kappa shape index (κ2) is 9.68. The van der Waals surface area contributed by atoms with Crippen molar-refractivity contribution >= 4 is 39.8 Å². The molecule has 0 fully saturated rings. The molecule has 0 aliphatic heterocycles. The number of benzene rings is 3. The average Bonchev–Trinajstić information content (AvgIpc) is 2.81. The van der Waals surface area contributed by atoms with Crippen LogP contribution in [0.2, 0.25) is 5.15 Å². The van der Waals surface area contributed by atoms with Crippen LogP contribution in [-0.2, 0) is 13.0 Å². The van der Waals surface area contributed by atoms with Gasteiger partial charge in [-0.3, -0.25) is 4.79 Å². The normalized spacial score (nSPS) is 10.6. The van der Waals surface area contributed by atoms with Gasteiger partial charge in [-0.15, -0.1) is 0 Å². The molecule has 4 aromatic rings. The molecule has 0 saturated heterocycles. The Labute approximate surface area is 197 Å². The van der Waals surface area contributed by atoms with E-state index in [9.17, 15) is 4.79 Å². The van der Waals surface area contributed by atoms with E-state index in [4.69, 9.17) is 18.2 Å². The monoisotopic (exact) mass is 455 g/mol. The number of aromatic nitrogens is 2. The van der Waals surface area contributed by atoms with E-state index in [2.05, 4.69) is 20.1 Å². The van der Waals surface area contributed by atoms with E-state index in [0.717, 1.165) is 16.3 Å². The maximum atomic E-state index is 12.7. The number of hydrogen-bond acceptors (Lipinski definition) is 4. The van der Waals surface area contributed by atoms with Gasteiger partial charge in [-0.2, -0.15) is 0 Å². The largest absolute Gasteiger partial charge is 0.362 e. The van der Waals surface area contributed by atoms with Crippen LogP contribution in [0, 0.1) is 6.57 Å². The summed E-state index contributed by atoms with van der Waals surface area (Å²) >= 11 is 6.33. The van der Waals surface area contributed by atoms with Crippen molar-refractivity contribution in [3.8, 4) is 0 Å². The number of halogens is 1. The number of carbonyl (C=O) groups excluding carboxylic acids is 1. The molecule has 0 unspecified atom stereocenters. The zero-order valence-electron chi connectivity index (χ0n) is 18.3. The SMILES string of the molecule is [C-]#[N+]Cc1c(Cl)nc(Cc2ccc(NC(=O)c3ccc4ccccc4c3)cc2)nc1N(C)C. The number of amides is 1.